The summed E-state index contributed by atoms with van der Waals surface area (Å²) < 4.78 is 1.86. The second kappa shape index (κ2) is 7.87. The Labute approximate surface area is 154 Å². The van der Waals surface area contributed by atoms with Gasteiger partial charge in [0.1, 0.15) is 0 Å². The van der Waals surface area contributed by atoms with Gasteiger partial charge in [0.15, 0.2) is 0 Å². The van der Waals surface area contributed by atoms with Crippen LogP contribution in [-0.2, 0) is 18.3 Å². The van der Waals surface area contributed by atoms with Gasteiger partial charge in [-0.3, -0.25) is 9.48 Å². The van der Waals surface area contributed by atoms with E-state index in [1.807, 2.05) is 80.2 Å². The highest BCUT2D eigenvalue weighted by molar-refractivity contribution is 5.91. The van der Waals surface area contributed by atoms with Gasteiger partial charge >= 0.3 is 0 Å². The lowest BCUT2D eigenvalue weighted by Gasteiger charge is -2.09. The van der Waals surface area contributed by atoms with Crippen molar-refractivity contribution in [2.24, 2.45) is 7.05 Å². The van der Waals surface area contributed by atoms with E-state index in [-0.39, 0.29) is 5.91 Å². The molecule has 0 saturated heterocycles. The molecule has 3 aromatic rings. The summed E-state index contributed by atoms with van der Waals surface area (Å²) in [4.78, 5) is 12.2. The molecule has 0 aliphatic heterocycles. The van der Waals surface area contributed by atoms with Crippen molar-refractivity contribution >= 4 is 23.0 Å². The number of benzene rings is 2. The van der Waals surface area contributed by atoms with Crippen molar-refractivity contribution in [3.63, 3.8) is 0 Å². The molecule has 0 radical (unpaired) electrons. The number of hydrogen-bond donors (Lipinski definition) is 2. The van der Waals surface area contributed by atoms with E-state index in [2.05, 4.69) is 15.7 Å². The summed E-state index contributed by atoms with van der Waals surface area (Å²) in [7, 11) is 1.93. The van der Waals surface area contributed by atoms with E-state index in [9.17, 15) is 4.79 Å². The lowest BCUT2D eigenvalue weighted by molar-refractivity contribution is -0.116. The smallest absolute Gasteiger partial charge is 0.224 e. The van der Waals surface area contributed by atoms with Crippen molar-refractivity contribution in [2.45, 2.75) is 26.7 Å². The van der Waals surface area contributed by atoms with Crippen LogP contribution in [0.3, 0.4) is 0 Å². The van der Waals surface area contributed by atoms with Gasteiger partial charge in [-0.05, 0) is 62.2 Å². The van der Waals surface area contributed by atoms with Gasteiger partial charge < -0.3 is 10.6 Å². The first-order valence-electron chi connectivity index (χ1n) is 8.74. The van der Waals surface area contributed by atoms with Gasteiger partial charge in [0.2, 0.25) is 5.91 Å². The molecule has 5 nitrogen and oxygen atoms in total. The third kappa shape index (κ3) is 4.30. The van der Waals surface area contributed by atoms with Crippen LogP contribution in [0.15, 0.2) is 54.6 Å². The lowest BCUT2D eigenvalue weighted by Crippen LogP contribution is -2.12. The van der Waals surface area contributed by atoms with Crippen molar-refractivity contribution in [1.29, 1.82) is 0 Å². The first-order valence-corrected chi connectivity index (χ1v) is 8.74. The fourth-order valence-electron chi connectivity index (χ4n) is 2.97. The molecule has 5 heteroatoms. The SMILES string of the molecule is Cc1nn(C)c(C)c1CCC(=O)Nc1ccc(Nc2ccccc2)cc1. The predicted molar refractivity (Wildman–Crippen MR) is 106 cm³/mol. The minimum atomic E-state index is 0.0106. The van der Waals surface area contributed by atoms with E-state index in [0.29, 0.717) is 12.8 Å². The fourth-order valence-corrected chi connectivity index (χ4v) is 2.97. The molecule has 0 unspecified atom stereocenters. The Hall–Kier alpha value is -3.08. The third-order valence-electron chi connectivity index (χ3n) is 4.49. The van der Waals surface area contributed by atoms with Gasteiger partial charge in [-0.25, -0.2) is 0 Å². The van der Waals surface area contributed by atoms with Crippen LogP contribution < -0.4 is 10.6 Å². The molecule has 0 spiro atoms. The molecule has 1 aromatic heterocycles. The van der Waals surface area contributed by atoms with E-state index < -0.39 is 0 Å². The van der Waals surface area contributed by atoms with Gasteiger partial charge in [0, 0.05) is 36.2 Å². The summed E-state index contributed by atoms with van der Waals surface area (Å²) in [5.41, 5.74) is 6.08. The Kier molecular flexibility index (Phi) is 5.37. The molecular formula is C21H24N4O. The number of amides is 1. The first-order chi connectivity index (χ1) is 12.5. The first kappa shape index (κ1) is 17.7. The number of carbonyl (C=O) groups is 1. The number of aryl methyl sites for hydroxylation is 2. The lowest BCUT2D eigenvalue weighted by atomic mass is 10.1. The van der Waals surface area contributed by atoms with Gasteiger partial charge in [0.05, 0.1) is 5.69 Å². The highest BCUT2D eigenvalue weighted by atomic mass is 16.1. The van der Waals surface area contributed by atoms with Crippen molar-refractivity contribution in [3.05, 3.63) is 71.5 Å². The summed E-state index contributed by atoms with van der Waals surface area (Å²) in [6, 6.07) is 17.7. The third-order valence-corrected chi connectivity index (χ3v) is 4.49. The second-order valence-corrected chi connectivity index (χ2v) is 6.39. The Bertz CT molecular complexity index is 882. The van der Waals surface area contributed by atoms with Crippen LogP contribution >= 0.6 is 0 Å². The normalized spacial score (nSPS) is 10.6. The summed E-state index contributed by atoms with van der Waals surface area (Å²) in [5, 5.41) is 10.7. The van der Waals surface area contributed by atoms with Crippen molar-refractivity contribution in [2.75, 3.05) is 10.6 Å². The van der Waals surface area contributed by atoms with Gasteiger partial charge in [-0.1, -0.05) is 18.2 Å². The maximum Gasteiger partial charge on any atom is 0.224 e. The van der Waals surface area contributed by atoms with Crippen LogP contribution in [0, 0.1) is 13.8 Å². The maximum absolute atomic E-state index is 12.2. The number of hydrogen-bond acceptors (Lipinski definition) is 3. The summed E-state index contributed by atoms with van der Waals surface area (Å²) in [6.45, 7) is 4.02. The minimum absolute atomic E-state index is 0.0106. The molecule has 1 amide bonds. The standard InChI is InChI=1S/C21H24N4O/c1-15-20(16(2)25(3)24-15)13-14-21(26)23-19-11-9-18(10-12-19)22-17-7-5-4-6-8-17/h4-12,22H,13-14H2,1-3H3,(H,23,26). The molecule has 26 heavy (non-hydrogen) atoms. The molecule has 0 aliphatic carbocycles. The van der Waals surface area contributed by atoms with E-state index in [0.717, 1.165) is 34.0 Å². The molecule has 2 aromatic carbocycles. The minimum Gasteiger partial charge on any atom is -0.356 e. The van der Waals surface area contributed by atoms with E-state index in [4.69, 9.17) is 0 Å². The predicted octanol–water partition coefficient (Wildman–Crippen LogP) is 4.35. The number of aromatic nitrogens is 2. The van der Waals surface area contributed by atoms with Gasteiger partial charge in [-0.2, -0.15) is 5.10 Å². The number of anilines is 3. The zero-order valence-corrected chi connectivity index (χ0v) is 15.4. The van der Waals surface area contributed by atoms with Crippen LogP contribution in [0.5, 0.6) is 0 Å². The Morgan fingerprint density at radius 2 is 1.58 bits per heavy atom. The van der Waals surface area contributed by atoms with Crippen molar-refractivity contribution in [3.8, 4) is 0 Å². The molecule has 0 saturated carbocycles. The molecular weight excluding hydrogens is 324 g/mol. The second-order valence-electron chi connectivity index (χ2n) is 6.39. The van der Waals surface area contributed by atoms with Crippen LogP contribution in [0.4, 0.5) is 17.1 Å². The number of rotatable bonds is 6. The van der Waals surface area contributed by atoms with Crippen molar-refractivity contribution < 1.29 is 4.79 Å². The summed E-state index contributed by atoms with van der Waals surface area (Å²) in [6.07, 6.45) is 1.14. The van der Waals surface area contributed by atoms with Crippen LogP contribution in [0.1, 0.15) is 23.4 Å². The van der Waals surface area contributed by atoms with Crippen molar-refractivity contribution in [1.82, 2.24) is 9.78 Å². The number of para-hydroxylation sites is 1. The summed E-state index contributed by atoms with van der Waals surface area (Å²) in [5.74, 6) is 0.0106. The highest BCUT2D eigenvalue weighted by Gasteiger charge is 2.11. The largest absolute Gasteiger partial charge is 0.356 e. The van der Waals surface area contributed by atoms with E-state index >= 15 is 0 Å². The maximum atomic E-state index is 12.2. The Balaban J connectivity index is 1.54. The monoisotopic (exact) mass is 348 g/mol. The average molecular weight is 348 g/mol. The molecule has 0 aliphatic rings. The van der Waals surface area contributed by atoms with Gasteiger partial charge in [0.25, 0.3) is 0 Å². The van der Waals surface area contributed by atoms with Crippen LogP contribution in [-0.4, -0.2) is 15.7 Å². The molecule has 2 N–H and O–H groups in total. The number of nitrogens with one attached hydrogen (secondary N) is 2. The van der Waals surface area contributed by atoms with Gasteiger partial charge in [-0.15, -0.1) is 0 Å². The van der Waals surface area contributed by atoms with E-state index in [1.165, 1.54) is 0 Å². The Morgan fingerprint density at radius 1 is 0.962 bits per heavy atom. The zero-order chi connectivity index (χ0) is 18.5. The van der Waals surface area contributed by atoms with E-state index in [1.54, 1.807) is 0 Å². The molecule has 0 atom stereocenters. The molecule has 134 valence electrons. The number of carbonyl (C=O) groups excluding carboxylic acids is 1. The molecule has 0 fully saturated rings. The Morgan fingerprint density at radius 3 is 2.19 bits per heavy atom. The average Bonchev–Trinajstić information content (AvgIpc) is 2.88. The fraction of sp³-hybridized carbons (Fsp3) is 0.238. The van der Waals surface area contributed by atoms with Crippen LogP contribution in [0.2, 0.25) is 0 Å². The van der Waals surface area contributed by atoms with Crippen LogP contribution in [0.25, 0.3) is 0 Å². The quantitative estimate of drug-likeness (QED) is 0.696. The summed E-state index contributed by atoms with van der Waals surface area (Å²) >= 11 is 0. The highest BCUT2D eigenvalue weighted by Crippen LogP contribution is 2.19. The number of nitrogens with zero attached hydrogens (tertiary/aromatic N) is 2. The molecule has 1 heterocycles. The topological polar surface area (TPSA) is 59.0 Å². The molecule has 0 bridgehead atoms. The molecule has 3 rings (SSSR count). The zero-order valence-electron chi connectivity index (χ0n) is 15.4.